The molecule has 0 bridgehead atoms. The summed E-state index contributed by atoms with van der Waals surface area (Å²) in [4.78, 5) is 13.3. The largest absolute Gasteiger partial charge is 0.265 e. The number of hydrogen-bond acceptors (Lipinski definition) is 4. The molecule has 0 atom stereocenters. The third-order valence-corrected chi connectivity index (χ3v) is 4.27. The normalized spacial score (nSPS) is 10.6. The molecule has 4 rings (SSSR count). The van der Waals surface area contributed by atoms with Crippen LogP contribution in [0.3, 0.4) is 0 Å². The van der Waals surface area contributed by atoms with Crippen molar-refractivity contribution in [3.8, 4) is 33.8 Å². The van der Waals surface area contributed by atoms with E-state index in [-0.39, 0.29) is 0 Å². The zero-order valence-electron chi connectivity index (χ0n) is 12.3. The molecule has 3 nitrogen and oxygen atoms in total. The van der Waals surface area contributed by atoms with Crippen molar-refractivity contribution in [1.29, 1.82) is 0 Å². The number of pyridine rings is 3. The quantitative estimate of drug-likeness (QED) is 0.538. The van der Waals surface area contributed by atoms with Crippen LogP contribution in [0.25, 0.3) is 33.8 Å². The summed E-state index contributed by atoms with van der Waals surface area (Å²) < 4.78 is 0. The number of thiophene rings is 1. The molecule has 0 radical (unpaired) electrons. The number of nitrogens with zero attached hydrogens (tertiary/aromatic N) is 3. The van der Waals surface area contributed by atoms with Crippen molar-refractivity contribution in [3.05, 3.63) is 77.9 Å². The maximum atomic E-state index is 4.80. The van der Waals surface area contributed by atoms with Crippen LogP contribution in [0.5, 0.6) is 0 Å². The van der Waals surface area contributed by atoms with Crippen LogP contribution >= 0.6 is 11.3 Å². The molecule has 0 aliphatic carbocycles. The minimum atomic E-state index is 0.875. The average Bonchev–Trinajstić information content (AvgIpc) is 3.18. The fourth-order valence-corrected chi connectivity index (χ4v) is 3.09. The van der Waals surface area contributed by atoms with Gasteiger partial charge in [0.2, 0.25) is 0 Å². The molecule has 23 heavy (non-hydrogen) atoms. The number of hydrogen-bond donors (Lipinski definition) is 0. The highest BCUT2D eigenvalue weighted by atomic mass is 32.1. The molecular formula is C19H13N3S. The molecule has 0 saturated carbocycles. The molecule has 4 aromatic heterocycles. The van der Waals surface area contributed by atoms with E-state index in [1.165, 1.54) is 0 Å². The minimum Gasteiger partial charge on any atom is -0.265 e. The first kappa shape index (κ1) is 13.8. The van der Waals surface area contributed by atoms with Crippen LogP contribution in [-0.4, -0.2) is 15.0 Å². The topological polar surface area (TPSA) is 38.7 Å². The molecule has 0 unspecified atom stereocenters. The molecule has 0 saturated heterocycles. The van der Waals surface area contributed by atoms with Crippen LogP contribution in [0.4, 0.5) is 0 Å². The van der Waals surface area contributed by atoms with Crippen molar-refractivity contribution in [2.45, 2.75) is 0 Å². The molecule has 0 fully saturated rings. The lowest BCUT2D eigenvalue weighted by molar-refractivity contribution is 1.25. The van der Waals surface area contributed by atoms with Crippen molar-refractivity contribution in [2.24, 2.45) is 0 Å². The molecule has 0 amide bonds. The maximum absolute atomic E-state index is 4.80. The van der Waals surface area contributed by atoms with Crippen LogP contribution in [-0.2, 0) is 0 Å². The van der Waals surface area contributed by atoms with E-state index in [2.05, 4.69) is 38.9 Å². The SMILES string of the molecule is c1ccc(-c2cc(-c3ccncc3)cc(-c3ccsc3)n2)nc1. The van der Waals surface area contributed by atoms with E-state index >= 15 is 0 Å². The summed E-state index contributed by atoms with van der Waals surface area (Å²) in [5, 5.41) is 4.18. The van der Waals surface area contributed by atoms with Crippen molar-refractivity contribution in [2.75, 3.05) is 0 Å². The van der Waals surface area contributed by atoms with Gasteiger partial charge in [-0.3, -0.25) is 9.97 Å². The predicted octanol–water partition coefficient (Wildman–Crippen LogP) is 4.93. The lowest BCUT2D eigenvalue weighted by Gasteiger charge is -2.08. The van der Waals surface area contributed by atoms with E-state index in [0.717, 1.165) is 33.8 Å². The first-order valence-electron chi connectivity index (χ1n) is 7.26. The van der Waals surface area contributed by atoms with E-state index in [1.54, 1.807) is 29.9 Å². The first-order chi connectivity index (χ1) is 11.4. The summed E-state index contributed by atoms with van der Waals surface area (Å²) in [5.41, 5.74) is 6.07. The van der Waals surface area contributed by atoms with Crippen LogP contribution in [0.1, 0.15) is 0 Å². The molecule has 0 spiro atoms. The van der Waals surface area contributed by atoms with Gasteiger partial charge in [-0.25, -0.2) is 4.98 Å². The van der Waals surface area contributed by atoms with E-state index in [4.69, 9.17) is 4.98 Å². The Bertz CT molecular complexity index is 846. The Kier molecular flexibility index (Phi) is 3.66. The Morgan fingerprint density at radius 1 is 0.696 bits per heavy atom. The Balaban J connectivity index is 1.91. The number of rotatable bonds is 3. The highest BCUT2D eigenvalue weighted by Gasteiger charge is 2.09. The Morgan fingerprint density at radius 2 is 1.57 bits per heavy atom. The summed E-state index contributed by atoms with van der Waals surface area (Å²) in [6, 6.07) is 16.2. The Morgan fingerprint density at radius 3 is 2.30 bits per heavy atom. The van der Waals surface area contributed by atoms with Gasteiger partial charge in [-0.15, -0.1) is 0 Å². The van der Waals surface area contributed by atoms with Gasteiger partial charge >= 0.3 is 0 Å². The smallest absolute Gasteiger partial charge is 0.0899 e. The van der Waals surface area contributed by atoms with Crippen LogP contribution < -0.4 is 0 Å². The second-order valence-electron chi connectivity index (χ2n) is 5.09. The molecular weight excluding hydrogens is 302 g/mol. The van der Waals surface area contributed by atoms with Crippen molar-refractivity contribution in [3.63, 3.8) is 0 Å². The van der Waals surface area contributed by atoms with Crippen LogP contribution in [0, 0.1) is 0 Å². The predicted molar refractivity (Wildman–Crippen MR) is 94.0 cm³/mol. The van der Waals surface area contributed by atoms with Gasteiger partial charge in [0, 0.05) is 29.5 Å². The van der Waals surface area contributed by atoms with Gasteiger partial charge in [-0.1, -0.05) is 6.07 Å². The lowest BCUT2D eigenvalue weighted by atomic mass is 10.0. The van der Waals surface area contributed by atoms with E-state index in [1.807, 2.05) is 30.3 Å². The van der Waals surface area contributed by atoms with E-state index in [0.29, 0.717) is 0 Å². The summed E-state index contributed by atoms with van der Waals surface area (Å²) in [5.74, 6) is 0. The van der Waals surface area contributed by atoms with Gasteiger partial charge in [0.15, 0.2) is 0 Å². The van der Waals surface area contributed by atoms with Crippen molar-refractivity contribution in [1.82, 2.24) is 15.0 Å². The molecule has 110 valence electrons. The zero-order chi connectivity index (χ0) is 15.5. The molecule has 0 N–H and O–H groups in total. The maximum Gasteiger partial charge on any atom is 0.0899 e. The minimum absolute atomic E-state index is 0.875. The lowest BCUT2D eigenvalue weighted by Crippen LogP contribution is -1.92. The standard InChI is InChI=1S/C19H13N3S/c1-2-7-21-17(3-1)19-12-16(14-4-8-20-9-5-14)11-18(22-19)15-6-10-23-13-15/h1-13H. The molecule has 4 heteroatoms. The van der Waals surface area contributed by atoms with Gasteiger partial charge in [-0.2, -0.15) is 11.3 Å². The second kappa shape index (κ2) is 6.10. The molecule has 4 aromatic rings. The van der Waals surface area contributed by atoms with Crippen molar-refractivity contribution >= 4 is 11.3 Å². The number of aromatic nitrogens is 3. The van der Waals surface area contributed by atoms with Gasteiger partial charge in [0.25, 0.3) is 0 Å². The summed E-state index contributed by atoms with van der Waals surface area (Å²) in [6.07, 6.45) is 5.40. The van der Waals surface area contributed by atoms with E-state index < -0.39 is 0 Å². The van der Waals surface area contributed by atoms with Gasteiger partial charge in [0.05, 0.1) is 17.1 Å². The molecule has 0 aliphatic heterocycles. The molecule has 0 aromatic carbocycles. The average molecular weight is 315 g/mol. The van der Waals surface area contributed by atoms with Crippen LogP contribution in [0.2, 0.25) is 0 Å². The Labute approximate surface area is 138 Å². The summed E-state index contributed by atoms with van der Waals surface area (Å²) in [7, 11) is 0. The third-order valence-electron chi connectivity index (χ3n) is 3.58. The Hall–Kier alpha value is -2.85. The van der Waals surface area contributed by atoms with E-state index in [9.17, 15) is 0 Å². The highest BCUT2D eigenvalue weighted by Crippen LogP contribution is 2.30. The molecule has 0 aliphatic rings. The molecule has 4 heterocycles. The third kappa shape index (κ3) is 2.89. The van der Waals surface area contributed by atoms with Crippen molar-refractivity contribution < 1.29 is 0 Å². The highest BCUT2D eigenvalue weighted by molar-refractivity contribution is 7.08. The monoisotopic (exact) mass is 315 g/mol. The fraction of sp³-hybridized carbons (Fsp3) is 0. The first-order valence-corrected chi connectivity index (χ1v) is 8.21. The van der Waals surface area contributed by atoms with Crippen LogP contribution in [0.15, 0.2) is 77.9 Å². The second-order valence-corrected chi connectivity index (χ2v) is 5.87. The summed E-state index contributed by atoms with van der Waals surface area (Å²) in [6.45, 7) is 0. The van der Waals surface area contributed by atoms with Gasteiger partial charge in [-0.05, 0) is 59.0 Å². The van der Waals surface area contributed by atoms with Gasteiger partial charge in [0.1, 0.15) is 0 Å². The zero-order valence-corrected chi connectivity index (χ0v) is 13.1. The summed E-state index contributed by atoms with van der Waals surface area (Å²) >= 11 is 1.67. The van der Waals surface area contributed by atoms with Gasteiger partial charge < -0.3 is 0 Å². The fourth-order valence-electron chi connectivity index (χ4n) is 2.45.